The van der Waals surface area contributed by atoms with Crippen LogP contribution < -0.4 is 11.1 Å². The standard InChI is InChI=1S/C13H17N5OS/c1-9(12(19)15-10-6-4-3-5-7-10)20-13-17-16-11(8-14)18(13)2/h3-7,9H,8,14H2,1-2H3,(H,15,19). The summed E-state index contributed by atoms with van der Waals surface area (Å²) in [6.07, 6.45) is 0. The van der Waals surface area contributed by atoms with Gasteiger partial charge in [-0.25, -0.2) is 0 Å². The molecule has 1 unspecified atom stereocenters. The lowest BCUT2D eigenvalue weighted by atomic mass is 10.3. The van der Waals surface area contributed by atoms with Crippen molar-refractivity contribution in [1.29, 1.82) is 0 Å². The molecule has 1 amide bonds. The third-order valence-electron chi connectivity index (χ3n) is 2.80. The number of para-hydroxylation sites is 1. The fraction of sp³-hybridized carbons (Fsp3) is 0.308. The van der Waals surface area contributed by atoms with Crippen LogP contribution in [0, 0.1) is 0 Å². The second-order valence-corrected chi connectivity index (χ2v) is 5.59. The number of nitrogens with one attached hydrogen (secondary N) is 1. The number of hydrogen-bond donors (Lipinski definition) is 2. The molecule has 2 rings (SSSR count). The van der Waals surface area contributed by atoms with Crippen LogP contribution in [0.5, 0.6) is 0 Å². The molecule has 3 N–H and O–H groups in total. The average Bonchev–Trinajstić information content (AvgIpc) is 2.80. The van der Waals surface area contributed by atoms with Gasteiger partial charge in [-0.1, -0.05) is 30.0 Å². The Morgan fingerprint density at radius 2 is 2.10 bits per heavy atom. The highest BCUT2D eigenvalue weighted by Gasteiger charge is 2.18. The van der Waals surface area contributed by atoms with Gasteiger partial charge in [0.15, 0.2) is 5.16 Å². The topological polar surface area (TPSA) is 85.8 Å². The summed E-state index contributed by atoms with van der Waals surface area (Å²) in [6.45, 7) is 2.16. The molecule has 0 saturated heterocycles. The van der Waals surface area contributed by atoms with Gasteiger partial charge in [0.1, 0.15) is 5.82 Å². The summed E-state index contributed by atoms with van der Waals surface area (Å²) < 4.78 is 1.80. The van der Waals surface area contributed by atoms with Gasteiger partial charge in [-0.15, -0.1) is 10.2 Å². The Balaban J connectivity index is 1.99. The van der Waals surface area contributed by atoms with Crippen molar-refractivity contribution in [2.45, 2.75) is 23.9 Å². The summed E-state index contributed by atoms with van der Waals surface area (Å²) >= 11 is 1.36. The fourth-order valence-electron chi connectivity index (χ4n) is 1.60. The smallest absolute Gasteiger partial charge is 0.237 e. The summed E-state index contributed by atoms with van der Waals surface area (Å²) in [5.74, 6) is 0.627. The fourth-order valence-corrected chi connectivity index (χ4v) is 2.44. The number of aromatic nitrogens is 3. The Hall–Kier alpha value is -1.86. The van der Waals surface area contributed by atoms with Crippen LogP contribution in [-0.2, 0) is 18.4 Å². The second kappa shape index (κ2) is 6.53. The van der Waals surface area contributed by atoms with Gasteiger partial charge in [0.2, 0.25) is 5.91 Å². The maximum Gasteiger partial charge on any atom is 0.237 e. The molecule has 6 nitrogen and oxygen atoms in total. The largest absolute Gasteiger partial charge is 0.325 e. The zero-order valence-electron chi connectivity index (χ0n) is 11.4. The number of amides is 1. The number of hydrogen-bond acceptors (Lipinski definition) is 5. The van der Waals surface area contributed by atoms with Crippen molar-refractivity contribution in [2.75, 3.05) is 5.32 Å². The first-order valence-electron chi connectivity index (χ1n) is 6.22. The highest BCUT2D eigenvalue weighted by Crippen LogP contribution is 2.22. The van der Waals surface area contributed by atoms with E-state index in [2.05, 4.69) is 15.5 Å². The van der Waals surface area contributed by atoms with Gasteiger partial charge in [0.05, 0.1) is 11.8 Å². The maximum atomic E-state index is 12.1. The summed E-state index contributed by atoms with van der Waals surface area (Å²) in [5, 5.41) is 11.3. The summed E-state index contributed by atoms with van der Waals surface area (Å²) in [7, 11) is 1.84. The van der Waals surface area contributed by atoms with Gasteiger partial charge < -0.3 is 15.6 Å². The Labute approximate surface area is 121 Å². The summed E-state index contributed by atoms with van der Waals surface area (Å²) in [4.78, 5) is 12.1. The lowest BCUT2D eigenvalue weighted by Crippen LogP contribution is -2.22. The quantitative estimate of drug-likeness (QED) is 0.813. The predicted molar refractivity (Wildman–Crippen MR) is 79.3 cm³/mol. The van der Waals surface area contributed by atoms with Crippen molar-refractivity contribution in [3.05, 3.63) is 36.2 Å². The Kier molecular flexibility index (Phi) is 4.75. The van der Waals surface area contributed by atoms with Crippen molar-refractivity contribution >= 4 is 23.4 Å². The number of carbonyl (C=O) groups is 1. The Morgan fingerprint density at radius 3 is 2.70 bits per heavy atom. The molecule has 0 bridgehead atoms. The molecule has 7 heteroatoms. The monoisotopic (exact) mass is 291 g/mol. The lowest BCUT2D eigenvalue weighted by Gasteiger charge is -2.11. The van der Waals surface area contributed by atoms with Crippen LogP contribution in [0.2, 0.25) is 0 Å². The highest BCUT2D eigenvalue weighted by molar-refractivity contribution is 8.00. The van der Waals surface area contributed by atoms with Crippen molar-refractivity contribution in [1.82, 2.24) is 14.8 Å². The number of rotatable bonds is 5. The Morgan fingerprint density at radius 1 is 1.40 bits per heavy atom. The molecule has 0 aliphatic carbocycles. The van der Waals surface area contributed by atoms with E-state index >= 15 is 0 Å². The van der Waals surface area contributed by atoms with E-state index in [1.807, 2.05) is 44.3 Å². The summed E-state index contributed by atoms with van der Waals surface area (Å²) in [5.41, 5.74) is 6.33. The number of nitrogens with two attached hydrogens (primary N) is 1. The molecule has 20 heavy (non-hydrogen) atoms. The van der Waals surface area contributed by atoms with E-state index < -0.39 is 0 Å². The molecule has 0 aliphatic heterocycles. The van der Waals surface area contributed by atoms with Crippen LogP contribution in [0.4, 0.5) is 5.69 Å². The van der Waals surface area contributed by atoms with E-state index in [4.69, 9.17) is 5.73 Å². The van der Waals surface area contributed by atoms with Gasteiger partial charge in [0, 0.05) is 12.7 Å². The normalized spacial score (nSPS) is 12.2. The molecule has 0 fully saturated rings. The van der Waals surface area contributed by atoms with Gasteiger partial charge >= 0.3 is 0 Å². The van der Waals surface area contributed by atoms with Crippen LogP contribution in [0.15, 0.2) is 35.5 Å². The molecule has 0 spiro atoms. The lowest BCUT2D eigenvalue weighted by molar-refractivity contribution is -0.115. The first kappa shape index (κ1) is 14.5. The van der Waals surface area contributed by atoms with Crippen LogP contribution in [-0.4, -0.2) is 25.9 Å². The molecule has 2 aromatic rings. The maximum absolute atomic E-state index is 12.1. The van der Waals surface area contributed by atoms with E-state index in [9.17, 15) is 4.79 Å². The molecule has 0 radical (unpaired) electrons. The third kappa shape index (κ3) is 3.37. The predicted octanol–water partition coefficient (Wildman–Crippen LogP) is 1.39. The molecular formula is C13H17N5OS. The Bertz CT molecular complexity index is 584. The minimum Gasteiger partial charge on any atom is -0.325 e. The number of carbonyl (C=O) groups excluding carboxylic acids is 1. The third-order valence-corrected chi connectivity index (χ3v) is 3.93. The second-order valence-electron chi connectivity index (χ2n) is 4.28. The number of thioether (sulfide) groups is 1. The van der Waals surface area contributed by atoms with Crippen LogP contribution in [0.3, 0.4) is 0 Å². The van der Waals surface area contributed by atoms with E-state index in [1.54, 1.807) is 4.57 Å². The zero-order valence-corrected chi connectivity index (χ0v) is 12.2. The zero-order chi connectivity index (χ0) is 14.5. The number of anilines is 1. The molecule has 1 atom stereocenters. The van der Waals surface area contributed by atoms with Crippen molar-refractivity contribution in [2.24, 2.45) is 12.8 Å². The SMILES string of the molecule is CC(Sc1nnc(CN)n1C)C(=O)Nc1ccccc1. The van der Waals surface area contributed by atoms with Crippen molar-refractivity contribution in [3.8, 4) is 0 Å². The minimum absolute atomic E-state index is 0.0708. The van der Waals surface area contributed by atoms with Gasteiger partial charge in [-0.2, -0.15) is 0 Å². The molecule has 0 saturated carbocycles. The first-order chi connectivity index (χ1) is 9.61. The first-order valence-corrected chi connectivity index (χ1v) is 7.10. The van der Waals surface area contributed by atoms with Crippen LogP contribution >= 0.6 is 11.8 Å². The molecular weight excluding hydrogens is 274 g/mol. The highest BCUT2D eigenvalue weighted by atomic mass is 32.2. The molecule has 1 aromatic heterocycles. The number of benzene rings is 1. The van der Waals surface area contributed by atoms with E-state index in [0.29, 0.717) is 17.5 Å². The van der Waals surface area contributed by atoms with Crippen molar-refractivity contribution < 1.29 is 4.79 Å². The van der Waals surface area contributed by atoms with E-state index in [1.165, 1.54) is 11.8 Å². The average molecular weight is 291 g/mol. The molecule has 1 heterocycles. The minimum atomic E-state index is -0.274. The van der Waals surface area contributed by atoms with Gasteiger partial charge in [-0.3, -0.25) is 4.79 Å². The van der Waals surface area contributed by atoms with Crippen LogP contribution in [0.1, 0.15) is 12.7 Å². The molecule has 106 valence electrons. The van der Waals surface area contributed by atoms with E-state index in [0.717, 1.165) is 5.69 Å². The van der Waals surface area contributed by atoms with Gasteiger partial charge in [0.25, 0.3) is 0 Å². The number of nitrogens with zero attached hydrogens (tertiary/aromatic N) is 3. The van der Waals surface area contributed by atoms with Crippen molar-refractivity contribution in [3.63, 3.8) is 0 Å². The van der Waals surface area contributed by atoms with Crippen LogP contribution in [0.25, 0.3) is 0 Å². The molecule has 0 aliphatic rings. The molecule has 1 aromatic carbocycles. The van der Waals surface area contributed by atoms with Gasteiger partial charge in [-0.05, 0) is 19.1 Å². The van der Waals surface area contributed by atoms with E-state index in [-0.39, 0.29) is 11.2 Å². The summed E-state index contributed by atoms with van der Waals surface area (Å²) in [6, 6.07) is 9.36.